The predicted molar refractivity (Wildman–Crippen MR) is 108 cm³/mol. The zero-order valence-corrected chi connectivity index (χ0v) is 15.4. The Balaban J connectivity index is 1.65. The highest BCUT2D eigenvalue weighted by Gasteiger charge is 2.08. The fourth-order valence-corrected chi connectivity index (χ4v) is 2.93. The van der Waals surface area contributed by atoms with Gasteiger partial charge in [-0.25, -0.2) is 4.98 Å². The van der Waals surface area contributed by atoms with Crippen molar-refractivity contribution in [3.63, 3.8) is 0 Å². The number of aliphatic imine (C=N–C) groups is 1. The largest absolute Gasteiger partial charge is 0.436 e. The number of oxazole rings is 1. The molecule has 128 valence electrons. The van der Waals surface area contributed by atoms with E-state index in [1.54, 1.807) is 18.3 Å². The molecule has 5 heteroatoms. The first kappa shape index (κ1) is 16.8. The van der Waals surface area contributed by atoms with Gasteiger partial charge in [-0.2, -0.15) is 0 Å². The summed E-state index contributed by atoms with van der Waals surface area (Å²) < 4.78 is 5.86. The van der Waals surface area contributed by atoms with Gasteiger partial charge >= 0.3 is 0 Å². The summed E-state index contributed by atoms with van der Waals surface area (Å²) in [5, 5.41) is 1.03. The molecule has 0 aliphatic carbocycles. The number of aromatic nitrogens is 1. The summed E-state index contributed by atoms with van der Waals surface area (Å²) in [5.41, 5.74) is 5.33. The van der Waals surface area contributed by atoms with Gasteiger partial charge in [-0.05, 0) is 60.5 Å². The molecule has 1 heterocycles. The molecule has 0 saturated heterocycles. The van der Waals surface area contributed by atoms with Crippen molar-refractivity contribution in [1.82, 2.24) is 4.98 Å². The maximum Gasteiger partial charge on any atom is 0.227 e. The minimum Gasteiger partial charge on any atom is -0.436 e. The highest BCUT2D eigenvalue weighted by Crippen LogP contribution is 2.28. The third-order valence-corrected chi connectivity index (χ3v) is 4.68. The molecule has 0 aliphatic rings. The van der Waals surface area contributed by atoms with E-state index in [0.29, 0.717) is 15.9 Å². The second-order valence-corrected chi connectivity index (χ2v) is 6.79. The van der Waals surface area contributed by atoms with Gasteiger partial charge < -0.3 is 4.42 Å². The topological polar surface area (TPSA) is 38.4 Å². The molecule has 0 saturated carbocycles. The van der Waals surface area contributed by atoms with E-state index in [0.717, 1.165) is 33.5 Å². The standard InChI is InChI=1S/C21H14Cl2N2O/c1-13-5-8-20-19(9-13)25-21(26-20)15-3-2-4-16(11-15)24-12-14-6-7-17(22)18(23)10-14/h2-12H,1H3. The molecule has 0 bridgehead atoms. The molecule has 4 aromatic rings. The van der Waals surface area contributed by atoms with Gasteiger partial charge in [-0.3, -0.25) is 4.99 Å². The van der Waals surface area contributed by atoms with E-state index in [2.05, 4.69) is 9.98 Å². The number of rotatable bonds is 3. The Morgan fingerprint density at radius 3 is 2.69 bits per heavy atom. The number of hydrogen-bond acceptors (Lipinski definition) is 3. The minimum absolute atomic E-state index is 0.506. The van der Waals surface area contributed by atoms with Crippen LogP contribution in [0, 0.1) is 6.92 Å². The van der Waals surface area contributed by atoms with E-state index < -0.39 is 0 Å². The summed E-state index contributed by atoms with van der Waals surface area (Å²) in [6.07, 6.45) is 1.75. The van der Waals surface area contributed by atoms with Crippen molar-refractivity contribution in [2.24, 2.45) is 4.99 Å². The molecule has 0 unspecified atom stereocenters. The number of hydrogen-bond donors (Lipinski definition) is 0. The summed E-state index contributed by atoms with van der Waals surface area (Å²) in [6, 6.07) is 19.1. The molecule has 0 aliphatic heterocycles. The van der Waals surface area contributed by atoms with Crippen molar-refractivity contribution in [2.75, 3.05) is 0 Å². The zero-order valence-electron chi connectivity index (χ0n) is 13.9. The highest BCUT2D eigenvalue weighted by molar-refractivity contribution is 6.42. The normalized spacial score (nSPS) is 11.5. The fraction of sp³-hybridized carbons (Fsp3) is 0.0476. The number of fused-ring (bicyclic) bond motifs is 1. The lowest BCUT2D eigenvalue weighted by Crippen LogP contribution is -1.81. The van der Waals surface area contributed by atoms with Crippen molar-refractivity contribution in [1.29, 1.82) is 0 Å². The van der Waals surface area contributed by atoms with Crippen molar-refractivity contribution in [3.8, 4) is 11.5 Å². The predicted octanol–water partition coefficient (Wildman–Crippen LogP) is 6.86. The van der Waals surface area contributed by atoms with E-state index in [9.17, 15) is 0 Å². The van der Waals surface area contributed by atoms with Gasteiger partial charge in [0.05, 0.1) is 15.7 Å². The van der Waals surface area contributed by atoms with Crippen LogP contribution in [0.15, 0.2) is 70.1 Å². The number of aryl methyl sites for hydroxylation is 1. The van der Waals surface area contributed by atoms with Gasteiger partial charge in [-0.15, -0.1) is 0 Å². The Hall–Kier alpha value is -2.62. The third-order valence-electron chi connectivity index (χ3n) is 3.94. The first-order chi connectivity index (χ1) is 12.6. The van der Waals surface area contributed by atoms with Crippen LogP contribution in [0.4, 0.5) is 5.69 Å². The molecule has 1 aromatic heterocycles. The van der Waals surface area contributed by atoms with Crippen molar-refractivity contribution < 1.29 is 4.42 Å². The third kappa shape index (κ3) is 3.50. The molecule has 4 rings (SSSR count). The van der Waals surface area contributed by atoms with Crippen molar-refractivity contribution in [3.05, 3.63) is 81.8 Å². The number of halogens is 2. The molecule has 26 heavy (non-hydrogen) atoms. The number of benzene rings is 3. The van der Waals surface area contributed by atoms with Gasteiger partial charge in [0.15, 0.2) is 5.58 Å². The smallest absolute Gasteiger partial charge is 0.227 e. The van der Waals surface area contributed by atoms with Crippen LogP contribution in [-0.2, 0) is 0 Å². The van der Waals surface area contributed by atoms with Crippen molar-refractivity contribution >= 4 is 46.2 Å². The molecule has 0 spiro atoms. The van der Waals surface area contributed by atoms with Crippen LogP contribution in [-0.4, -0.2) is 11.2 Å². The van der Waals surface area contributed by atoms with Crippen LogP contribution >= 0.6 is 23.2 Å². The molecule has 0 amide bonds. The second-order valence-electron chi connectivity index (χ2n) is 5.97. The first-order valence-corrected chi connectivity index (χ1v) is 8.81. The molecule has 0 radical (unpaired) electrons. The number of nitrogens with zero attached hydrogens (tertiary/aromatic N) is 2. The highest BCUT2D eigenvalue weighted by atomic mass is 35.5. The monoisotopic (exact) mass is 380 g/mol. The Morgan fingerprint density at radius 2 is 1.85 bits per heavy atom. The molecule has 0 atom stereocenters. The average molecular weight is 381 g/mol. The van der Waals surface area contributed by atoms with Gasteiger partial charge in [0.1, 0.15) is 5.52 Å². The summed E-state index contributed by atoms with van der Waals surface area (Å²) in [5.74, 6) is 0.581. The Kier molecular flexibility index (Phi) is 4.49. The summed E-state index contributed by atoms with van der Waals surface area (Å²) in [6.45, 7) is 2.03. The quantitative estimate of drug-likeness (QED) is 0.364. The van der Waals surface area contributed by atoms with Crippen LogP contribution in [0.3, 0.4) is 0 Å². The van der Waals surface area contributed by atoms with Gasteiger partial charge in [0.25, 0.3) is 0 Å². The molecule has 0 fully saturated rings. The Bertz CT molecular complexity index is 1130. The molecule has 0 N–H and O–H groups in total. The van der Waals surface area contributed by atoms with Crippen molar-refractivity contribution in [2.45, 2.75) is 6.92 Å². The van der Waals surface area contributed by atoms with Crippen LogP contribution in [0.25, 0.3) is 22.6 Å². The van der Waals surface area contributed by atoms with E-state index >= 15 is 0 Å². The molecule has 3 nitrogen and oxygen atoms in total. The summed E-state index contributed by atoms with van der Waals surface area (Å²) in [7, 11) is 0. The van der Waals surface area contributed by atoms with E-state index in [-0.39, 0.29) is 0 Å². The lowest BCUT2D eigenvalue weighted by atomic mass is 10.2. The lowest BCUT2D eigenvalue weighted by molar-refractivity contribution is 0.620. The first-order valence-electron chi connectivity index (χ1n) is 8.05. The van der Waals surface area contributed by atoms with Gasteiger partial charge in [-0.1, -0.05) is 41.4 Å². The minimum atomic E-state index is 0.506. The maximum atomic E-state index is 6.04. The molecular weight excluding hydrogens is 367 g/mol. The van der Waals surface area contributed by atoms with Gasteiger partial charge in [0.2, 0.25) is 5.89 Å². The molecular formula is C21H14Cl2N2O. The van der Waals surface area contributed by atoms with Crippen LogP contribution in [0.1, 0.15) is 11.1 Å². The van der Waals surface area contributed by atoms with Gasteiger partial charge in [0, 0.05) is 11.8 Å². The average Bonchev–Trinajstić information content (AvgIpc) is 3.06. The Labute approximate surface area is 160 Å². The SMILES string of the molecule is Cc1ccc2oc(-c3cccc(N=Cc4ccc(Cl)c(Cl)c4)c3)nc2c1. The van der Waals surface area contributed by atoms with Crippen LogP contribution < -0.4 is 0 Å². The zero-order chi connectivity index (χ0) is 18.1. The second kappa shape index (κ2) is 6.94. The fourth-order valence-electron chi connectivity index (χ4n) is 2.62. The summed E-state index contributed by atoms with van der Waals surface area (Å²) >= 11 is 12.0. The van der Waals surface area contributed by atoms with E-state index in [4.69, 9.17) is 27.6 Å². The maximum absolute atomic E-state index is 6.04. The van der Waals surface area contributed by atoms with E-state index in [1.807, 2.05) is 55.5 Å². The molecule has 3 aromatic carbocycles. The lowest BCUT2D eigenvalue weighted by Gasteiger charge is -1.99. The Morgan fingerprint density at radius 1 is 0.962 bits per heavy atom. The summed E-state index contributed by atoms with van der Waals surface area (Å²) in [4.78, 5) is 9.08. The van der Waals surface area contributed by atoms with Crippen LogP contribution in [0.2, 0.25) is 10.0 Å². The van der Waals surface area contributed by atoms with E-state index in [1.165, 1.54) is 0 Å². The van der Waals surface area contributed by atoms with Crippen LogP contribution in [0.5, 0.6) is 0 Å².